The van der Waals surface area contributed by atoms with Gasteiger partial charge in [0.1, 0.15) is 0 Å². The van der Waals surface area contributed by atoms with Crippen molar-refractivity contribution in [2.75, 3.05) is 25.5 Å². The second-order valence-corrected chi connectivity index (χ2v) is 11.2. The summed E-state index contributed by atoms with van der Waals surface area (Å²) in [5.74, 6) is -0.0809. The molecular weight excluding hydrogens is 492 g/mol. The van der Waals surface area contributed by atoms with Gasteiger partial charge in [-0.05, 0) is 56.7 Å². The number of hydrogen-bond donors (Lipinski definition) is 2. The zero-order chi connectivity index (χ0) is 25.6. The average Bonchev–Trinajstić information content (AvgIpc) is 3.63. The Morgan fingerprint density at radius 3 is 2.49 bits per heavy atom. The van der Waals surface area contributed by atoms with Gasteiger partial charge in [-0.15, -0.1) is 0 Å². The Labute approximate surface area is 221 Å². The molecule has 3 heterocycles. The molecule has 0 unspecified atom stereocenters. The summed E-state index contributed by atoms with van der Waals surface area (Å²) in [6, 6.07) is 5.22. The molecule has 1 saturated carbocycles. The summed E-state index contributed by atoms with van der Waals surface area (Å²) >= 11 is 1.26. The molecule has 1 aromatic carbocycles. The molecule has 37 heavy (non-hydrogen) atoms. The van der Waals surface area contributed by atoms with E-state index in [1.807, 2.05) is 0 Å². The Bertz CT molecular complexity index is 1170. The van der Waals surface area contributed by atoms with Crippen molar-refractivity contribution in [1.82, 2.24) is 20.2 Å². The van der Waals surface area contributed by atoms with E-state index < -0.39 is 0 Å². The molecule has 0 spiro atoms. The largest absolute Gasteiger partial charge is 0.376 e. The Morgan fingerprint density at radius 1 is 1.00 bits per heavy atom. The van der Waals surface area contributed by atoms with Crippen LogP contribution in [0.3, 0.4) is 0 Å². The smallest absolute Gasteiger partial charge is 0.262 e. The van der Waals surface area contributed by atoms with Crippen LogP contribution in [0.5, 0.6) is 0 Å². The SMILES string of the molecule is O=C(CSc1nc2cc(C(=O)NC[C@@H]3CCCO3)ccc2c(=O)n1C[C@H]1CCCO1)NC1CCCCC1. The standard InChI is InChI=1S/C27H36N4O5S/c32-24(29-19-6-2-1-3-7-19)17-37-27-30-23-14-18(25(33)28-15-20-8-4-12-35-20)10-11-22(23)26(34)31(27)16-21-9-5-13-36-21/h10-11,14,19-21H,1-9,12-13,15-17H2,(H,28,33)(H,29,32)/t20-,21+/m0/s1. The van der Waals surface area contributed by atoms with Gasteiger partial charge in [0, 0.05) is 31.4 Å². The van der Waals surface area contributed by atoms with Gasteiger partial charge in [0.2, 0.25) is 5.91 Å². The highest BCUT2D eigenvalue weighted by Crippen LogP contribution is 2.23. The monoisotopic (exact) mass is 528 g/mol. The van der Waals surface area contributed by atoms with E-state index in [1.54, 1.807) is 22.8 Å². The summed E-state index contributed by atoms with van der Waals surface area (Å²) in [6.07, 6.45) is 9.38. The molecule has 2 aromatic rings. The predicted octanol–water partition coefficient (Wildman–Crippen LogP) is 3.03. The molecule has 5 rings (SSSR count). The number of ether oxygens (including phenoxy) is 2. The van der Waals surface area contributed by atoms with Gasteiger partial charge in [-0.25, -0.2) is 4.98 Å². The zero-order valence-electron chi connectivity index (χ0n) is 21.2. The molecular formula is C27H36N4O5S. The first-order valence-electron chi connectivity index (χ1n) is 13.5. The van der Waals surface area contributed by atoms with Gasteiger partial charge < -0.3 is 20.1 Å². The predicted molar refractivity (Wildman–Crippen MR) is 142 cm³/mol. The van der Waals surface area contributed by atoms with Crippen LogP contribution in [0.1, 0.15) is 68.1 Å². The molecule has 200 valence electrons. The van der Waals surface area contributed by atoms with E-state index in [0.29, 0.717) is 41.3 Å². The molecule has 2 aliphatic heterocycles. The summed E-state index contributed by atoms with van der Waals surface area (Å²) in [5, 5.41) is 6.98. The molecule has 1 aliphatic carbocycles. The van der Waals surface area contributed by atoms with Gasteiger partial charge >= 0.3 is 0 Å². The van der Waals surface area contributed by atoms with E-state index in [9.17, 15) is 14.4 Å². The van der Waals surface area contributed by atoms with Crippen LogP contribution in [0.4, 0.5) is 0 Å². The number of rotatable bonds is 9. The first-order valence-corrected chi connectivity index (χ1v) is 14.5. The van der Waals surface area contributed by atoms with E-state index in [-0.39, 0.29) is 41.4 Å². The average molecular weight is 529 g/mol. The van der Waals surface area contributed by atoms with Crippen molar-refractivity contribution in [2.24, 2.45) is 0 Å². The fourth-order valence-electron chi connectivity index (χ4n) is 5.37. The number of thioether (sulfide) groups is 1. The van der Waals surface area contributed by atoms with E-state index >= 15 is 0 Å². The highest BCUT2D eigenvalue weighted by Gasteiger charge is 2.23. The Balaban J connectivity index is 1.35. The third kappa shape index (κ3) is 6.72. The van der Waals surface area contributed by atoms with Crippen molar-refractivity contribution in [1.29, 1.82) is 0 Å². The number of fused-ring (bicyclic) bond motifs is 1. The lowest BCUT2D eigenvalue weighted by molar-refractivity contribution is -0.119. The molecule has 0 bridgehead atoms. The maximum absolute atomic E-state index is 13.5. The van der Waals surface area contributed by atoms with Gasteiger partial charge in [0.15, 0.2) is 5.16 Å². The molecule has 3 aliphatic rings. The minimum atomic E-state index is -0.219. The van der Waals surface area contributed by atoms with Crippen molar-refractivity contribution in [2.45, 2.75) is 87.7 Å². The number of carbonyl (C=O) groups excluding carboxylic acids is 2. The fourth-order valence-corrected chi connectivity index (χ4v) is 6.19. The summed E-state index contributed by atoms with van der Waals surface area (Å²) in [4.78, 5) is 43.7. The first kappa shape index (κ1) is 26.2. The van der Waals surface area contributed by atoms with E-state index in [2.05, 4.69) is 10.6 Å². The Hall–Kier alpha value is -2.43. The second-order valence-electron chi connectivity index (χ2n) is 10.2. The quantitative estimate of drug-likeness (QED) is 0.380. The van der Waals surface area contributed by atoms with Crippen molar-refractivity contribution < 1.29 is 19.1 Å². The number of aromatic nitrogens is 2. The highest BCUT2D eigenvalue weighted by molar-refractivity contribution is 7.99. The molecule has 9 nitrogen and oxygen atoms in total. The third-order valence-corrected chi connectivity index (χ3v) is 8.39. The van der Waals surface area contributed by atoms with Crippen molar-refractivity contribution in [3.63, 3.8) is 0 Å². The van der Waals surface area contributed by atoms with Gasteiger partial charge in [0.25, 0.3) is 11.5 Å². The summed E-state index contributed by atoms with van der Waals surface area (Å²) in [5.41, 5.74) is 0.718. The third-order valence-electron chi connectivity index (χ3n) is 7.41. The van der Waals surface area contributed by atoms with Crippen LogP contribution in [0.2, 0.25) is 0 Å². The van der Waals surface area contributed by atoms with Crippen molar-refractivity contribution >= 4 is 34.5 Å². The second kappa shape index (κ2) is 12.4. The van der Waals surface area contributed by atoms with E-state index in [1.165, 1.54) is 18.2 Å². The lowest BCUT2D eigenvalue weighted by atomic mass is 9.95. The minimum absolute atomic E-state index is 0.0443. The van der Waals surface area contributed by atoms with Crippen molar-refractivity contribution in [3.05, 3.63) is 34.1 Å². The number of amides is 2. The topological polar surface area (TPSA) is 112 Å². The van der Waals surface area contributed by atoms with E-state index in [4.69, 9.17) is 14.5 Å². The molecule has 3 fully saturated rings. The summed E-state index contributed by atoms with van der Waals surface area (Å²) in [6.45, 7) is 2.29. The number of benzene rings is 1. The van der Waals surface area contributed by atoms with Crippen LogP contribution in [0.15, 0.2) is 28.2 Å². The fraction of sp³-hybridized carbons (Fsp3) is 0.630. The maximum atomic E-state index is 13.5. The number of hydrogen-bond acceptors (Lipinski definition) is 7. The van der Waals surface area contributed by atoms with Crippen LogP contribution in [0.25, 0.3) is 10.9 Å². The van der Waals surface area contributed by atoms with Gasteiger partial charge in [-0.1, -0.05) is 31.0 Å². The van der Waals surface area contributed by atoms with Gasteiger partial charge in [-0.3, -0.25) is 19.0 Å². The Kier molecular flexibility index (Phi) is 8.78. The number of nitrogens with zero attached hydrogens (tertiary/aromatic N) is 2. The molecule has 2 amide bonds. The lowest BCUT2D eigenvalue weighted by Crippen LogP contribution is -2.37. The zero-order valence-corrected chi connectivity index (χ0v) is 22.0. The van der Waals surface area contributed by atoms with Gasteiger partial charge in [0.05, 0.1) is 35.4 Å². The molecule has 0 radical (unpaired) electrons. The van der Waals surface area contributed by atoms with E-state index in [0.717, 1.165) is 58.0 Å². The van der Waals surface area contributed by atoms with Crippen LogP contribution < -0.4 is 16.2 Å². The van der Waals surface area contributed by atoms with Crippen LogP contribution >= 0.6 is 11.8 Å². The normalized spacial score (nSPS) is 22.4. The number of nitrogens with one attached hydrogen (secondary N) is 2. The van der Waals surface area contributed by atoms with Crippen LogP contribution in [0, 0.1) is 0 Å². The highest BCUT2D eigenvalue weighted by atomic mass is 32.2. The first-order chi connectivity index (χ1) is 18.1. The van der Waals surface area contributed by atoms with Crippen LogP contribution in [-0.4, -0.2) is 65.1 Å². The minimum Gasteiger partial charge on any atom is -0.376 e. The lowest BCUT2D eigenvalue weighted by Gasteiger charge is -2.22. The van der Waals surface area contributed by atoms with Crippen molar-refractivity contribution in [3.8, 4) is 0 Å². The molecule has 2 atom stereocenters. The maximum Gasteiger partial charge on any atom is 0.262 e. The molecule has 2 saturated heterocycles. The van der Waals surface area contributed by atoms with Gasteiger partial charge in [-0.2, -0.15) is 0 Å². The molecule has 2 N–H and O–H groups in total. The summed E-state index contributed by atoms with van der Waals surface area (Å²) < 4.78 is 13.0. The molecule has 1 aromatic heterocycles. The molecule has 10 heteroatoms. The van der Waals surface area contributed by atoms with Crippen LogP contribution in [-0.2, 0) is 20.8 Å². The number of carbonyl (C=O) groups is 2. The Morgan fingerprint density at radius 2 is 1.76 bits per heavy atom. The summed E-state index contributed by atoms with van der Waals surface area (Å²) in [7, 11) is 0.